The summed E-state index contributed by atoms with van der Waals surface area (Å²) in [5, 5.41) is 11.8. The topological polar surface area (TPSA) is 65.2 Å². The van der Waals surface area contributed by atoms with Crippen LogP contribution >= 0.6 is 23.2 Å². The molecule has 1 amide bonds. The fourth-order valence-electron chi connectivity index (χ4n) is 1.10. The quantitative estimate of drug-likeness (QED) is 0.377. The lowest BCUT2D eigenvalue weighted by molar-refractivity contribution is -0.123. The van der Waals surface area contributed by atoms with Gasteiger partial charge in [-0.2, -0.15) is 0 Å². The molecular weight excluding hydrogens is 251 g/mol. The number of carbonyl (C=O) groups excluding carboxylic acids is 1. The third-order valence-corrected chi connectivity index (χ3v) is 3.50. The fraction of sp³-hybridized carbons (Fsp3) is 0.889. The van der Waals surface area contributed by atoms with E-state index in [2.05, 4.69) is 21.3 Å². The Hall–Kier alpha value is -0.0700. The molecule has 1 atom stereocenters. The molecule has 7 heteroatoms. The van der Waals surface area contributed by atoms with Gasteiger partial charge in [-0.15, -0.1) is 23.2 Å². The predicted octanol–water partition coefficient (Wildman–Crippen LogP) is -0.349. The van der Waals surface area contributed by atoms with Crippen molar-refractivity contribution in [1.29, 1.82) is 0 Å². The van der Waals surface area contributed by atoms with Crippen molar-refractivity contribution in [3.8, 4) is 0 Å². The molecule has 0 aromatic heterocycles. The summed E-state index contributed by atoms with van der Waals surface area (Å²) >= 11 is 11.5. The summed E-state index contributed by atoms with van der Waals surface area (Å²) < 4.78 is 0. The van der Waals surface area contributed by atoms with Crippen molar-refractivity contribution >= 4 is 29.1 Å². The number of halogens is 2. The first kappa shape index (κ1) is 15.9. The van der Waals surface area contributed by atoms with Crippen LogP contribution in [0.5, 0.6) is 0 Å². The van der Waals surface area contributed by atoms with Crippen LogP contribution in [0.2, 0.25) is 0 Å². The van der Waals surface area contributed by atoms with Crippen LogP contribution in [0.1, 0.15) is 6.92 Å². The number of carbonyl (C=O) groups is 1. The molecule has 0 aromatic rings. The van der Waals surface area contributed by atoms with Gasteiger partial charge in [0.1, 0.15) is 10.7 Å². The number of nitrogens with one attached hydrogen (secondary N) is 4. The van der Waals surface area contributed by atoms with Gasteiger partial charge in [-0.3, -0.25) is 20.7 Å². The van der Waals surface area contributed by atoms with E-state index in [1.54, 1.807) is 28.1 Å². The smallest absolute Gasteiger partial charge is 0.242 e. The summed E-state index contributed by atoms with van der Waals surface area (Å²) in [5.41, 5.74) is 0. The first-order valence-corrected chi connectivity index (χ1v) is 5.88. The third kappa shape index (κ3) is 4.07. The van der Waals surface area contributed by atoms with Crippen LogP contribution in [-0.2, 0) is 4.79 Å². The number of alkyl halides is 2. The highest BCUT2D eigenvalue weighted by Gasteiger charge is 2.32. The van der Waals surface area contributed by atoms with E-state index >= 15 is 0 Å². The van der Waals surface area contributed by atoms with Gasteiger partial charge >= 0.3 is 0 Å². The molecule has 4 N–H and O–H groups in total. The second-order valence-corrected chi connectivity index (χ2v) is 4.77. The molecule has 96 valence electrons. The van der Waals surface area contributed by atoms with Crippen molar-refractivity contribution in [3.63, 3.8) is 0 Å². The zero-order valence-electron chi connectivity index (χ0n) is 10.1. The van der Waals surface area contributed by atoms with Crippen molar-refractivity contribution in [1.82, 2.24) is 21.3 Å². The molecule has 0 rings (SSSR count). The highest BCUT2D eigenvalue weighted by Crippen LogP contribution is 2.15. The van der Waals surface area contributed by atoms with Crippen molar-refractivity contribution in [2.45, 2.75) is 17.6 Å². The Balaban J connectivity index is 4.38. The van der Waals surface area contributed by atoms with E-state index in [-0.39, 0.29) is 11.8 Å². The Labute approximate surface area is 107 Å². The summed E-state index contributed by atoms with van der Waals surface area (Å²) in [6, 6.07) is 0. The molecule has 1 unspecified atom stereocenters. The van der Waals surface area contributed by atoms with Gasteiger partial charge < -0.3 is 5.32 Å². The van der Waals surface area contributed by atoms with Crippen molar-refractivity contribution in [3.05, 3.63) is 0 Å². The van der Waals surface area contributed by atoms with Gasteiger partial charge in [-0.25, -0.2) is 0 Å². The Morgan fingerprint density at radius 3 is 1.94 bits per heavy atom. The van der Waals surface area contributed by atoms with Gasteiger partial charge in [0, 0.05) is 0 Å². The molecule has 5 nitrogen and oxygen atoms in total. The molecule has 0 radical (unpaired) electrons. The second kappa shape index (κ2) is 6.61. The van der Waals surface area contributed by atoms with E-state index in [1.807, 2.05) is 0 Å². The highest BCUT2D eigenvalue weighted by atomic mass is 35.5. The average molecular weight is 271 g/mol. The van der Waals surface area contributed by atoms with E-state index < -0.39 is 10.7 Å². The van der Waals surface area contributed by atoms with Gasteiger partial charge in [0.25, 0.3) is 0 Å². The van der Waals surface area contributed by atoms with E-state index in [4.69, 9.17) is 23.2 Å². The lowest BCUT2D eigenvalue weighted by atomic mass is 10.2. The van der Waals surface area contributed by atoms with Gasteiger partial charge in [0.2, 0.25) is 5.91 Å². The van der Waals surface area contributed by atoms with E-state index in [1.165, 1.54) is 0 Å². The minimum absolute atomic E-state index is 0.0616. The normalized spacial score (nSPS) is 15.6. The maximum Gasteiger partial charge on any atom is 0.242 e. The second-order valence-electron chi connectivity index (χ2n) is 3.67. The predicted molar refractivity (Wildman–Crippen MR) is 67.9 cm³/mol. The number of hydrogen-bond acceptors (Lipinski definition) is 4. The van der Waals surface area contributed by atoms with Crippen LogP contribution < -0.4 is 21.3 Å². The van der Waals surface area contributed by atoms with Crippen LogP contribution in [-0.4, -0.2) is 50.1 Å². The maximum atomic E-state index is 11.7. The standard InChI is InChI=1S/C9H20Cl2N4O/c1-8(11,5-10)7(16)15-6-9(12-2,13-3)14-4/h12-14H,5-6H2,1-4H3,(H,15,16). The Morgan fingerprint density at radius 1 is 1.19 bits per heavy atom. The average Bonchev–Trinajstić information content (AvgIpc) is 2.31. The Morgan fingerprint density at radius 2 is 1.62 bits per heavy atom. The molecule has 16 heavy (non-hydrogen) atoms. The molecule has 0 bridgehead atoms. The molecular formula is C9H20Cl2N4O. The summed E-state index contributed by atoms with van der Waals surface area (Å²) in [6.07, 6.45) is 0. The van der Waals surface area contributed by atoms with E-state index in [0.717, 1.165) is 0 Å². The molecule has 0 spiro atoms. The zero-order valence-corrected chi connectivity index (χ0v) is 11.6. The molecule has 0 saturated carbocycles. The first-order valence-electron chi connectivity index (χ1n) is 4.97. The third-order valence-electron chi connectivity index (χ3n) is 2.52. The molecule has 0 aliphatic carbocycles. The number of hydrogen-bond donors (Lipinski definition) is 4. The van der Waals surface area contributed by atoms with Crippen LogP contribution in [0.15, 0.2) is 0 Å². The van der Waals surface area contributed by atoms with Gasteiger partial charge in [0.05, 0.1) is 12.4 Å². The van der Waals surface area contributed by atoms with Crippen molar-refractivity contribution < 1.29 is 4.79 Å². The van der Waals surface area contributed by atoms with Crippen LogP contribution in [0.25, 0.3) is 0 Å². The lowest BCUT2D eigenvalue weighted by Crippen LogP contribution is -2.69. The monoisotopic (exact) mass is 270 g/mol. The molecule has 0 aliphatic heterocycles. The Bertz CT molecular complexity index is 223. The fourth-order valence-corrected chi connectivity index (χ4v) is 1.29. The van der Waals surface area contributed by atoms with E-state index in [9.17, 15) is 4.79 Å². The first-order chi connectivity index (χ1) is 7.37. The number of amides is 1. The maximum absolute atomic E-state index is 11.7. The minimum Gasteiger partial charge on any atom is -0.350 e. The highest BCUT2D eigenvalue weighted by molar-refractivity contribution is 6.39. The largest absolute Gasteiger partial charge is 0.350 e. The number of rotatable bonds is 7. The molecule has 0 aliphatic rings. The van der Waals surface area contributed by atoms with Gasteiger partial charge in [-0.05, 0) is 28.1 Å². The summed E-state index contributed by atoms with van der Waals surface area (Å²) in [6.45, 7) is 1.92. The lowest BCUT2D eigenvalue weighted by Gasteiger charge is -2.33. The van der Waals surface area contributed by atoms with Crippen LogP contribution in [0.4, 0.5) is 0 Å². The molecule has 0 heterocycles. The molecule has 0 aromatic carbocycles. The molecule has 0 fully saturated rings. The van der Waals surface area contributed by atoms with Crippen molar-refractivity contribution in [2.24, 2.45) is 0 Å². The minimum atomic E-state index is -1.08. The van der Waals surface area contributed by atoms with Crippen molar-refractivity contribution in [2.75, 3.05) is 33.6 Å². The number of likely N-dealkylation sites (N-methyl/N-ethyl adjacent to an activating group) is 3. The van der Waals surface area contributed by atoms with Gasteiger partial charge in [0.15, 0.2) is 0 Å². The zero-order chi connectivity index (χ0) is 12.8. The van der Waals surface area contributed by atoms with E-state index in [0.29, 0.717) is 6.54 Å². The summed E-state index contributed by atoms with van der Waals surface area (Å²) in [7, 11) is 5.34. The Kier molecular flexibility index (Phi) is 6.58. The summed E-state index contributed by atoms with van der Waals surface area (Å²) in [5.74, 6) is -0.796. The van der Waals surface area contributed by atoms with Crippen LogP contribution in [0.3, 0.4) is 0 Å². The molecule has 0 saturated heterocycles. The SMILES string of the molecule is CNC(CNC(=O)C(C)(Cl)CCl)(NC)NC. The summed E-state index contributed by atoms with van der Waals surface area (Å²) in [4.78, 5) is 10.6. The van der Waals surface area contributed by atoms with Crippen LogP contribution in [0, 0.1) is 0 Å². The van der Waals surface area contributed by atoms with Gasteiger partial charge in [-0.1, -0.05) is 0 Å².